The molecule has 0 amide bonds. The lowest BCUT2D eigenvalue weighted by molar-refractivity contribution is -0.106. The number of rotatable bonds is 8. The molecule has 184 valence electrons. The summed E-state index contributed by atoms with van der Waals surface area (Å²) in [5.41, 5.74) is 2.33. The minimum absolute atomic E-state index is 0.288. The highest BCUT2D eigenvalue weighted by Crippen LogP contribution is 2.43. The SMILES string of the molecule is Fc1cc(-c2ccc(C3CCC(C4CCC(OCOCC5CO5)CC4)CC3)cc2)cc(F)c1F. The van der Waals surface area contributed by atoms with E-state index in [1.54, 1.807) is 0 Å². The molecule has 2 aromatic carbocycles. The molecule has 1 heterocycles. The Bertz CT molecular complexity index is 921. The van der Waals surface area contributed by atoms with E-state index in [9.17, 15) is 13.2 Å². The summed E-state index contributed by atoms with van der Waals surface area (Å²) in [6.45, 7) is 1.84. The summed E-state index contributed by atoms with van der Waals surface area (Å²) in [4.78, 5) is 0. The van der Waals surface area contributed by atoms with Gasteiger partial charge in [-0.3, -0.25) is 0 Å². The molecule has 1 unspecified atom stereocenters. The largest absolute Gasteiger partial charge is 0.371 e. The zero-order chi connectivity index (χ0) is 23.5. The first-order valence-corrected chi connectivity index (χ1v) is 12.6. The van der Waals surface area contributed by atoms with E-state index in [1.165, 1.54) is 44.1 Å². The Morgan fingerprint density at radius 1 is 0.765 bits per heavy atom. The van der Waals surface area contributed by atoms with Crippen LogP contribution < -0.4 is 0 Å². The van der Waals surface area contributed by atoms with Crippen molar-refractivity contribution in [2.45, 2.75) is 69.5 Å². The molecule has 1 atom stereocenters. The summed E-state index contributed by atoms with van der Waals surface area (Å²) in [7, 11) is 0. The van der Waals surface area contributed by atoms with Crippen molar-refractivity contribution >= 4 is 0 Å². The van der Waals surface area contributed by atoms with Crippen LogP contribution in [-0.2, 0) is 14.2 Å². The van der Waals surface area contributed by atoms with Gasteiger partial charge < -0.3 is 14.2 Å². The third kappa shape index (κ3) is 5.84. The Hall–Kier alpha value is -1.89. The number of halogens is 3. The van der Waals surface area contributed by atoms with Crippen LogP contribution in [0.3, 0.4) is 0 Å². The summed E-state index contributed by atoms with van der Waals surface area (Å²) in [6, 6.07) is 9.98. The van der Waals surface area contributed by atoms with Crippen LogP contribution in [-0.4, -0.2) is 32.2 Å². The van der Waals surface area contributed by atoms with Gasteiger partial charge >= 0.3 is 0 Å². The number of ether oxygens (including phenoxy) is 3. The highest BCUT2D eigenvalue weighted by atomic mass is 19.2. The van der Waals surface area contributed by atoms with E-state index in [0.29, 0.717) is 36.5 Å². The smallest absolute Gasteiger partial charge is 0.194 e. The molecular formula is C28H33F3O3. The first kappa shape index (κ1) is 23.8. The molecule has 0 bridgehead atoms. The van der Waals surface area contributed by atoms with E-state index in [0.717, 1.165) is 43.4 Å². The monoisotopic (exact) mass is 474 g/mol. The van der Waals surface area contributed by atoms with Crippen LogP contribution in [0.2, 0.25) is 0 Å². The molecule has 3 aliphatic rings. The lowest BCUT2D eigenvalue weighted by atomic mass is 9.69. The molecule has 1 saturated heterocycles. The molecule has 0 aromatic heterocycles. The van der Waals surface area contributed by atoms with Gasteiger partial charge in [0.05, 0.1) is 19.3 Å². The van der Waals surface area contributed by atoms with Gasteiger partial charge in [0.2, 0.25) is 0 Å². The van der Waals surface area contributed by atoms with Crippen LogP contribution >= 0.6 is 0 Å². The topological polar surface area (TPSA) is 31.0 Å². The fourth-order valence-corrected chi connectivity index (χ4v) is 5.81. The van der Waals surface area contributed by atoms with E-state index < -0.39 is 17.5 Å². The molecule has 1 aliphatic heterocycles. The fraction of sp³-hybridized carbons (Fsp3) is 0.571. The first-order chi connectivity index (χ1) is 16.6. The van der Waals surface area contributed by atoms with E-state index >= 15 is 0 Å². The van der Waals surface area contributed by atoms with Gasteiger partial charge in [0.15, 0.2) is 17.5 Å². The van der Waals surface area contributed by atoms with Gasteiger partial charge in [-0.15, -0.1) is 0 Å². The molecular weight excluding hydrogens is 441 g/mol. The van der Waals surface area contributed by atoms with Crippen molar-refractivity contribution in [2.75, 3.05) is 20.0 Å². The van der Waals surface area contributed by atoms with Crippen molar-refractivity contribution in [3.05, 3.63) is 59.4 Å². The molecule has 0 N–H and O–H groups in total. The van der Waals surface area contributed by atoms with Gasteiger partial charge in [-0.2, -0.15) is 0 Å². The summed E-state index contributed by atoms with van der Waals surface area (Å²) in [5.74, 6) is -1.62. The molecule has 5 rings (SSSR count). The van der Waals surface area contributed by atoms with Crippen molar-refractivity contribution in [3.63, 3.8) is 0 Å². The number of epoxide rings is 1. The molecule has 2 aliphatic carbocycles. The van der Waals surface area contributed by atoms with E-state index in [2.05, 4.69) is 12.1 Å². The second-order valence-electron chi connectivity index (χ2n) is 10.1. The number of benzene rings is 2. The highest BCUT2D eigenvalue weighted by Gasteiger charge is 2.31. The number of hydrogen-bond donors (Lipinski definition) is 0. The molecule has 2 saturated carbocycles. The molecule has 34 heavy (non-hydrogen) atoms. The zero-order valence-electron chi connectivity index (χ0n) is 19.5. The van der Waals surface area contributed by atoms with E-state index in [1.807, 2.05) is 12.1 Å². The van der Waals surface area contributed by atoms with Crippen LogP contribution in [0.5, 0.6) is 0 Å². The Labute approximate surface area is 199 Å². The van der Waals surface area contributed by atoms with E-state index in [4.69, 9.17) is 14.2 Å². The first-order valence-electron chi connectivity index (χ1n) is 12.6. The van der Waals surface area contributed by atoms with Crippen molar-refractivity contribution in [2.24, 2.45) is 11.8 Å². The normalized spacial score (nSPS) is 29.2. The Balaban J connectivity index is 1.07. The average molecular weight is 475 g/mol. The van der Waals surface area contributed by atoms with Crippen molar-refractivity contribution in [1.82, 2.24) is 0 Å². The van der Waals surface area contributed by atoms with Crippen LogP contribution in [0.15, 0.2) is 36.4 Å². The molecule has 6 heteroatoms. The standard InChI is InChI=1S/C28H33F3O3/c29-26-13-23(14-27(30)28(26)31)22-7-5-19(6-8-22)18-1-3-20(4-2-18)21-9-11-24(12-10-21)34-17-32-15-25-16-33-25/h5-8,13-14,18,20-21,24-25H,1-4,9-12,15-17H2. The third-order valence-corrected chi connectivity index (χ3v) is 7.95. The molecule has 3 fully saturated rings. The van der Waals surface area contributed by atoms with Crippen molar-refractivity contribution < 1.29 is 27.4 Å². The van der Waals surface area contributed by atoms with Gasteiger partial charge in [-0.05, 0) is 97.9 Å². The molecule has 2 aromatic rings. The Morgan fingerprint density at radius 2 is 1.35 bits per heavy atom. The van der Waals surface area contributed by atoms with Gasteiger partial charge in [-0.1, -0.05) is 24.3 Å². The second-order valence-corrected chi connectivity index (χ2v) is 10.1. The van der Waals surface area contributed by atoms with Crippen molar-refractivity contribution in [1.29, 1.82) is 0 Å². The lowest BCUT2D eigenvalue weighted by Gasteiger charge is -2.38. The Kier molecular flexibility index (Phi) is 7.57. The summed E-state index contributed by atoms with van der Waals surface area (Å²) >= 11 is 0. The zero-order valence-corrected chi connectivity index (χ0v) is 19.5. The number of hydrogen-bond acceptors (Lipinski definition) is 3. The second kappa shape index (κ2) is 10.8. The van der Waals surface area contributed by atoms with Gasteiger partial charge in [0.25, 0.3) is 0 Å². The predicted molar refractivity (Wildman–Crippen MR) is 124 cm³/mol. The van der Waals surface area contributed by atoms with Gasteiger partial charge in [-0.25, -0.2) is 13.2 Å². The van der Waals surface area contributed by atoms with Crippen molar-refractivity contribution in [3.8, 4) is 11.1 Å². The third-order valence-electron chi connectivity index (χ3n) is 7.95. The lowest BCUT2D eigenvalue weighted by Crippen LogP contribution is -2.28. The molecule has 0 spiro atoms. The quantitative estimate of drug-likeness (QED) is 0.179. The van der Waals surface area contributed by atoms with Gasteiger partial charge in [0.1, 0.15) is 12.9 Å². The highest BCUT2D eigenvalue weighted by molar-refractivity contribution is 5.64. The maximum atomic E-state index is 13.6. The fourth-order valence-electron chi connectivity index (χ4n) is 5.81. The minimum atomic E-state index is -1.42. The minimum Gasteiger partial charge on any atom is -0.371 e. The Morgan fingerprint density at radius 3 is 1.94 bits per heavy atom. The maximum Gasteiger partial charge on any atom is 0.194 e. The van der Waals surface area contributed by atoms with E-state index in [-0.39, 0.29) is 6.10 Å². The predicted octanol–water partition coefficient (Wildman–Crippen LogP) is 6.99. The summed E-state index contributed by atoms with van der Waals surface area (Å²) < 4.78 is 56.9. The maximum absolute atomic E-state index is 13.6. The van der Waals surface area contributed by atoms with Crippen LogP contribution in [0, 0.1) is 29.3 Å². The summed E-state index contributed by atoms with van der Waals surface area (Å²) in [5, 5.41) is 0. The van der Waals surface area contributed by atoms with Crippen LogP contribution in [0.4, 0.5) is 13.2 Å². The average Bonchev–Trinajstić information content (AvgIpc) is 3.70. The molecule has 0 radical (unpaired) electrons. The van der Waals surface area contributed by atoms with Crippen LogP contribution in [0.1, 0.15) is 62.8 Å². The molecule has 3 nitrogen and oxygen atoms in total. The summed E-state index contributed by atoms with van der Waals surface area (Å²) in [6.07, 6.45) is 10.2. The van der Waals surface area contributed by atoms with Gasteiger partial charge in [0, 0.05) is 0 Å². The van der Waals surface area contributed by atoms with Crippen LogP contribution in [0.25, 0.3) is 11.1 Å².